The second-order valence-corrected chi connectivity index (χ2v) is 6.02. The number of carbonyl (C=O) groups excluding carboxylic acids is 3. The Morgan fingerprint density at radius 3 is 2.20 bits per heavy atom. The van der Waals surface area contributed by atoms with Crippen LogP contribution >= 0.6 is 0 Å². The molecule has 0 unspecified atom stereocenters. The van der Waals surface area contributed by atoms with Crippen LogP contribution in [0.1, 0.15) is 15.9 Å². The molecule has 0 spiro atoms. The van der Waals surface area contributed by atoms with Crippen LogP contribution in [-0.2, 0) is 20.7 Å². The maximum Gasteiger partial charge on any atom is 0.325 e. The molecule has 9 heteroatoms. The highest BCUT2D eigenvalue weighted by atomic mass is 16.5. The molecule has 0 aliphatic carbocycles. The van der Waals surface area contributed by atoms with E-state index in [9.17, 15) is 14.4 Å². The van der Waals surface area contributed by atoms with E-state index in [2.05, 4.69) is 10.6 Å². The molecule has 0 fully saturated rings. The van der Waals surface area contributed by atoms with Crippen LogP contribution in [0, 0.1) is 11.3 Å². The number of ether oxygens (including phenoxy) is 3. The molecule has 156 valence electrons. The molecule has 2 amide bonds. The fraction of sp³-hybridized carbons (Fsp3) is 0.238. The summed E-state index contributed by atoms with van der Waals surface area (Å²) in [5.41, 5.74) is 1.58. The summed E-state index contributed by atoms with van der Waals surface area (Å²) in [6.07, 6.45) is 0.278. The molecule has 2 aromatic rings. The topological polar surface area (TPSA) is 127 Å². The number of nitrogens with one attached hydrogen (secondary N) is 2. The first kappa shape index (κ1) is 22.2. The van der Waals surface area contributed by atoms with Crippen molar-refractivity contribution in [2.24, 2.45) is 0 Å². The van der Waals surface area contributed by atoms with Crippen molar-refractivity contribution in [3.05, 3.63) is 53.6 Å². The van der Waals surface area contributed by atoms with Gasteiger partial charge in [0.25, 0.3) is 11.8 Å². The summed E-state index contributed by atoms with van der Waals surface area (Å²) >= 11 is 0. The number of carbonyl (C=O) groups is 3. The summed E-state index contributed by atoms with van der Waals surface area (Å²) in [5, 5.41) is 13.6. The number of anilines is 1. The quantitative estimate of drug-likeness (QED) is 0.601. The van der Waals surface area contributed by atoms with Crippen LogP contribution in [-0.4, -0.2) is 45.2 Å². The van der Waals surface area contributed by atoms with Gasteiger partial charge in [0.05, 0.1) is 26.7 Å². The number of amides is 2. The second-order valence-electron chi connectivity index (χ2n) is 6.02. The zero-order valence-electron chi connectivity index (χ0n) is 16.6. The third kappa shape index (κ3) is 6.83. The summed E-state index contributed by atoms with van der Waals surface area (Å²) in [6.45, 7) is -0.907. The number of esters is 1. The first-order chi connectivity index (χ1) is 14.4. The van der Waals surface area contributed by atoms with Gasteiger partial charge in [0.15, 0.2) is 6.61 Å². The summed E-state index contributed by atoms with van der Waals surface area (Å²) < 4.78 is 15.0. The molecule has 0 saturated heterocycles. The summed E-state index contributed by atoms with van der Waals surface area (Å²) in [6, 6.07) is 13.4. The first-order valence-electron chi connectivity index (χ1n) is 8.87. The van der Waals surface area contributed by atoms with E-state index < -0.39 is 30.9 Å². The van der Waals surface area contributed by atoms with Gasteiger partial charge in [0, 0.05) is 17.3 Å². The van der Waals surface area contributed by atoms with E-state index in [0.29, 0.717) is 17.2 Å². The molecule has 2 N–H and O–H groups in total. The lowest BCUT2D eigenvalue weighted by Crippen LogP contribution is -2.32. The Balaban J connectivity index is 1.78. The van der Waals surface area contributed by atoms with Crippen LogP contribution in [0.2, 0.25) is 0 Å². The van der Waals surface area contributed by atoms with Gasteiger partial charge >= 0.3 is 5.97 Å². The first-order valence-corrected chi connectivity index (χ1v) is 8.87. The highest BCUT2D eigenvalue weighted by molar-refractivity contribution is 5.97. The molecule has 0 aliphatic rings. The lowest BCUT2D eigenvalue weighted by Gasteiger charge is -2.10. The smallest absolute Gasteiger partial charge is 0.325 e. The van der Waals surface area contributed by atoms with E-state index in [1.165, 1.54) is 26.4 Å². The summed E-state index contributed by atoms with van der Waals surface area (Å²) in [7, 11) is 2.92. The van der Waals surface area contributed by atoms with Gasteiger partial charge in [-0.25, -0.2) is 0 Å². The van der Waals surface area contributed by atoms with Crippen LogP contribution in [0.15, 0.2) is 42.5 Å². The average molecular weight is 411 g/mol. The molecule has 0 atom stereocenters. The van der Waals surface area contributed by atoms with E-state index in [4.69, 9.17) is 19.5 Å². The number of nitrogens with zero attached hydrogens (tertiary/aromatic N) is 1. The fourth-order valence-electron chi connectivity index (χ4n) is 2.38. The number of hydrogen-bond donors (Lipinski definition) is 2. The molecular weight excluding hydrogens is 390 g/mol. The van der Waals surface area contributed by atoms with Crippen molar-refractivity contribution >= 4 is 23.5 Å². The predicted octanol–water partition coefficient (Wildman–Crippen LogP) is 1.68. The highest BCUT2D eigenvalue weighted by Gasteiger charge is 2.13. The number of methoxy groups -OCH3 is 2. The van der Waals surface area contributed by atoms with Crippen molar-refractivity contribution in [1.82, 2.24) is 5.32 Å². The third-order valence-electron chi connectivity index (χ3n) is 3.89. The number of benzene rings is 2. The Kier molecular flexibility index (Phi) is 8.20. The minimum absolute atomic E-state index is 0.247. The minimum Gasteiger partial charge on any atom is -0.497 e. The van der Waals surface area contributed by atoms with Gasteiger partial charge in [0.2, 0.25) is 0 Å². The SMILES string of the molecule is COc1cc(OC)cc(C(=O)NCC(=O)OCC(=O)Nc2ccc(CC#N)cc2)c1. The molecule has 0 radical (unpaired) electrons. The summed E-state index contributed by atoms with van der Waals surface area (Å²) in [5.74, 6) is -0.956. The lowest BCUT2D eigenvalue weighted by molar-refractivity contribution is -0.146. The molecule has 2 aromatic carbocycles. The molecule has 0 heterocycles. The monoisotopic (exact) mass is 411 g/mol. The van der Waals surface area contributed by atoms with Crippen molar-refractivity contribution in [2.45, 2.75) is 6.42 Å². The standard InChI is InChI=1S/C21H21N3O6/c1-28-17-9-15(10-18(11-17)29-2)21(27)23-12-20(26)30-13-19(25)24-16-5-3-14(4-6-16)7-8-22/h3-6,9-11H,7,12-13H2,1-2H3,(H,23,27)(H,24,25). The van der Waals surface area contributed by atoms with E-state index in [0.717, 1.165) is 5.56 Å². The van der Waals surface area contributed by atoms with Crippen molar-refractivity contribution in [3.63, 3.8) is 0 Å². The maximum atomic E-state index is 12.2. The molecular formula is C21H21N3O6. The highest BCUT2D eigenvalue weighted by Crippen LogP contribution is 2.22. The van der Waals surface area contributed by atoms with Crippen LogP contribution in [0.4, 0.5) is 5.69 Å². The Labute approximate surface area is 173 Å². The number of nitriles is 1. The molecule has 9 nitrogen and oxygen atoms in total. The van der Waals surface area contributed by atoms with E-state index in [1.807, 2.05) is 6.07 Å². The van der Waals surface area contributed by atoms with Crippen molar-refractivity contribution in [3.8, 4) is 17.6 Å². The van der Waals surface area contributed by atoms with Crippen molar-refractivity contribution in [2.75, 3.05) is 32.7 Å². The fourth-order valence-corrected chi connectivity index (χ4v) is 2.38. The average Bonchev–Trinajstić information content (AvgIpc) is 2.77. The predicted molar refractivity (Wildman–Crippen MR) is 107 cm³/mol. The zero-order valence-corrected chi connectivity index (χ0v) is 16.6. The van der Waals surface area contributed by atoms with Crippen LogP contribution in [0.3, 0.4) is 0 Å². The largest absolute Gasteiger partial charge is 0.497 e. The molecule has 0 aliphatic heterocycles. The summed E-state index contributed by atoms with van der Waals surface area (Å²) in [4.78, 5) is 35.9. The molecule has 2 rings (SSSR count). The molecule has 0 aromatic heterocycles. The van der Waals surface area contributed by atoms with Crippen LogP contribution in [0.25, 0.3) is 0 Å². The lowest BCUT2D eigenvalue weighted by atomic mass is 10.1. The normalized spacial score (nSPS) is 9.77. The maximum absolute atomic E-state index is 12.2. The van der Waals surface area contributed by atoms with Gasteiger partial charge < -0.3 is 24.8 Å². The minimum atomic E-state index is -0.766. The van der Waals surface area contributed by atoms with Crippen LogP contribution < -0.4 is 20.1 Å². The van der Waals surface area contributed by atoms with Gasteiger partial charge in [-0.15, -0.1) is 0 Å². The second kappa shape index (κ2) is 11.1. The van der Waals surface area contributed by atoms with E-state index >= 15 is 0 Å². The molecule has 0 saturated carbocycles. The zero-order chi connectivity index (χ0) is 21.9. The Bertz CT molecular complexity index is 928. The van der Waals surface area contributed by atoms with Gasteiger partial charge in [-0.2, -0.15) is 5.26 Å². The number of hydrogen-bond acceptors (Lipinski definition) is 7. The van der Waals surface area contributed by atoms with Gasteiger partial charge in [-0.05, 0) is 29.8 Å². The number of rotatable bonds is 9. The Hall–Kier alpha value is -4.06. The van der Waals surface area contributed by atoms with Gasteiger partial charge in [-0.3, -0.25) is 14.4 Å². The van der Waals surface area contributed by atoms with E-state index in [-0.39, 0.29) is 12.0 Å². The van der Waals surface area contributed by atoms with Crippen molar-refractivity contribution in [1.29, 1.82) is 5.26 Å². The Morgan fingerprint density at radius 2 is 1.63 bits per heavy atom. The van der Waals surface area contributed by atoms with Gasteiger partial charge in [-0.1, -0.05) is 12.1 Å². The molecule has 0 bridgehead atoms. The van der Waals surface area contributed by atoms with E-state index in [1.54, 1.807) is 30.3 Å². The Morgan fingerprint density at radius 1 is 1.00 bits per heavy atom. The van der Waals surface area contributed by atoms with Crippen LogP contribution in [0.5, 0.6) is 11.5 Å². The molecule has 30 heavy (non-hydrogen) atoms. The van der Waals surface area contributed by atoms with Gasteiger partial charge in [0.1, 0.15) is 18.0 Å². The third-order valence-corrected chi connectivity index (χ3v) is 3.89. The van der Waals surface area contributed by atoms with Crippen molar-refractivity contribution < 1.29 is 28.6 Å².